The van der Waals surface area contributed by atoms with Gasteiger partial charge >= 0.3 is 6.18 Å². The van der Waals surface area contributed by atoms with Gasteiger partial charge in [0.1, 0.15) is 0 Å². The van der Waals surface area contributed by atoms with Gasteiger partial charge in [0.15, 0.2) is 0 Å². The molecule has 3 atom stereocenters. The lowest BCUT2D eigenvalue weighted by Gasteiger charge is -2.25. The first-order valence-corrected chi connectivity index (χ1v) is 10.7. The molecular weight excluding hydrogens is 443 g/mol. The molecule has 2 bridgehead atoms. The Hall–Kier alpha value is -2.94. The van der Waals surface area contributed by atoms with Crippen molar-refractivity contribution >= 4 is 17.5 Å². The highest BCUT2D eigenvalue weighted by atomic mass is 35.5. The van der Waals surface area contributed by atoms with E-state index in [-0.39, 0.29) is 28.9 Å². The number of hydrogen-bond donors (Lipinski definition) is 0. The third-order valence-electron chi connectivity index (χ3n) is 6.37. The molecule has 2 saturated heterocycles. The van der Waals surface area contributed by atoms with Crippen LogP contribution in [0.1, 0.15) is 40.9 Å². The van der Waals surface area contributed by atoms with Gasteiger partial charge < -0.3 is 4.90 Å². The topological polar surface area (TPSA) is 63.9 Å². The van der Waals surface area contributed by atoms with E-state index in [1.807, 2.05) is 17.0 Å². The molecule has 0 spiro atoms. The van der Waals surface area contributed by atoms with E-state index in [1.165, 1.54) is 4.80 Å². The van der Waals surface area contributed by atoms with Crippen LogP contribution in [0.15, 0.2) is 48.9 Å². The summed E-state index contributed by atoms with van der Waals surface area (Å²) >= 11 is 6.13. The maximum absolute atomic E-state index is 13.5. The predicted octanol–water partition coefficient (Wildman–Crippen LogP) is 4.57. The van der Waals surface area contributed by atoms with E-state index in [1.54, 1.807) is 24.5 Å². The number of alkyl halides is 3. The molecule has 5 rings (SSSR count). The van der Waals surface area contributed by atoms with Crippen LogP contribution in [0.2, 0.25) is 5.02 Å². The summed E-state index contributed by atoms with van der Waals surface area (Å²) in [5.74, 6) is 0.00815. The highest BCUT2D eigenvalue weighted by Gasteiger charge is 2.49. The van der Waals surface area contributed by atoms with Crippen LogP contribution in [-0.2, 0) is 12.6 Å². The molecule has 32 heavy (non-hydrogen) atoms. The lowest BCUT2D eigenvalue weighted by atomic mass is 9.86. The second-order valence-corrected chi connectivity index (χ2v) is 8.60. The molecule has 10 heteroatoms. The van der Waals surface area contributed by atoms with Gasteiger partial charge in [0, 0.05) is 18.3 Å². The van der Waals surface area contributed by atoms with Gasteiger partial charge in [-0.2, -0.15) is 28.2 Å². The van der Waals surface area contributed by atoms with Crippen molar-refractivity contribution in [2.45, 2.75) is 43.9 Å². The summed E-state index contributed by atoms with van der Waals surface area (Å²) in [7, 11) is 0. The third-order valence-corrected chi connectivity index (χ3v) is 6.70. The molecule has 2 fully saturated rings. The number of pyridine rings is 1. The van der Waals surface area contributed by atoms with Crippen molar-refractivity contribution < 1.29 is 18.0 Å². The Morgan fingerprint density at radius 2 is 1.91 bits per heavy atom. The van der Waals surface area contributed by atoms with E-state index >= 15 is 0 Å². The monoisotopic (exact) mass is 461 g/mol. The second-order valence-electron chi connectivity index (χ2n) is 8.20. The zero-order valence-corrected chi connectivity index (χ0v) is 17.6. The van der Waals surface area contributed by atoms with Crippen molar-refractivity contribution in [2.24, 2.45) is 5.92 Å². The highest BCUT2D eigenvalue weighted by molar-refractivity contribution is 6.31. The number of hydrogen-bond acceptors (Lipinski definition) is 4. The van der Waals surface area contributed by atoms with Crippen molar-refractivity contribution in [2.75, 3.05) is 0 Å². The van der Waals surface area contributed by atoms with Crippen LogP contribution in [0.4, 0.5) is 13.2 Å². The first-order chi connectivity index (χ1) is 15.3. The van der Waals surface area contributed by atoms with Crippen molar-refractivity contribution in [3.05, 3.63) is 70.8 Å². The molecule has 2 aliphatic heterocycles. The molecule has 0 N–H and O–H groups in total. The minimum Gasteiger partial charge on any atom is -0.332 e. The van der Waals surface area contributed by atoms with Crippen LogP contribution in [-0.4, -0.2) is 42.9 Å². The lowest BCUT2D eigenvalue weighted by Crippen LogP contribution is -2.37. The van der Waals surface area contributed by atoms with Gasteiger partial charge in [-0.25, -0.2) is 0 Å². The summed E-state index contributed by atoms with van der Waals surface area (Å²) in [5, 5.41) is 8.30. The van der Waals surface area contributed by atoms with E-state index in [9.17, 15) is 18.0 Å². The van der Waals surface area contributed by atoms with Gasteiger partial charge in [-0.3, -0.25) is 9.78 Å². The molecule has 4 heterocycles. The standard InChI is InChI=1S/C22H19ClF3N5O/c23-17-11-14(22(24,25)26)12-27-18(17)10-13-9-15-5-6-19(13)30(15)21(32)16-3-1-2-4-20(16)31-28-7-8-29-31/h1-4,7-8,11-13,15,19H,5-6,9-10H2. The number of amides is 1. The van der Waals surface area contributed by atoms with E-state index in [0.717, 1.165) is 31.5 Å². The molecule has 2 aromatic heterocycles. The second kappa shape index (κ2) is 7.88. The number of rotatable bonds is 4. The van der Waals surface area contributed by atoms with Gasteiger partial charge in [0.05, 0.1) is 39.9 Å². The Morgan fingerprint density at radius 1 is 1.16 bits per heavy atom. The maximum atomic E-state index is 13.5. The summed E-state index contributed by atoms with van der Waals surface area (Å²) in [6, 6.07) is 8.21. The molecule has 3 unspecified atom stereocenters. The van der Waals surface area contributed by atoms with E-state index < -0.39 is 11.7 Å². The molecule has 166 valence electrons. The van der Waals surface area contributed by atoms with Crippen molar-refractivity contribution in [3.8, 4) is 5.69 Å². The van der Waals surface area contributed by atoms with Gasteiger partial charge in [0.25, 0.3) is 5.91 Å². The fourth-order valence-corrected chi connectivity index (χ4v) is 5.22. The van der Waals surface area contributed by atoms with Gasteiger partial charge in [-0.05, 0) is 49.8 Å². The Labute approximate surface area is 187 Å². The Balaban J connectivity index is 1.38. The van der Waals surface area contributed by atoms with Crippen molar-refractivity contribution in [1.82, 2.24) is 24.9 Å². The Bertz CT molecular complexity index is 1150. The normalized spacial score (nSPS) is 22.5. The number of nitrogens with zero attached hydrogens (tertiary/aromatic N) is 5. The van der Waals surface area contributed by atoms with Crippen LogP contribution in [0.5, 0.6) is 0 Å². The Kier molecular flexibility index (Phi) is 5.16. The average molecular weight is 462 g/mol. The van der Waals surface area contributed by atoms with E-state index in [4.69, 9.17) is 11.6 Å². The molecule has 0 radical (unpaired) electrons. The lowest BCUT2D eigenvalue weighted by molar-refractivity contribution is -0.137. The number of fused-ring (bicyclic) bond motifs is 2. The molecular formula is C22H19ClF3N5O. The summed E-state index contributed by atoms with van der Waals surface area (Å²) in [4.78, 5) is 20.9. The molecule has 0 aliphatic carbocycles. The summed E-state index contributed by atoms with van der Waals surface area (Å²) in [6.07, 6.45) is 2.41. The molecule has 1 aromatic carbocycles. The minimum atomic E-state index is -4.48. The third kappa shape index (κ3) is 3.64. The smallest absolute Gasteiger partial charge is 0.332 e. The van der Waals surface area contributed by atoms with E-state index in [2.05, 4.69) is 15.2 Å². The number of para-hydroxylation sites is 1. The zero-order valence-electron chi connectivity index (χ0n) is 16.8. The first-order valence-electron chi connectivity index (χ1n) is 10.3. The quantitative estimate of drug-likeness (QED) is 0.571. The molecule has 1 amide bonds. The van der Waals surface area contributed by atoms with Crippen molar-refractivity contribution in [1.29, 1.82) is 0 Å². The van der Waals surface area contributed by atoms with Crippen LogP contribution in [0.3, 0.4) is 0 Å². The fourth-order valence-electron chi connectivity index (χ4n) is 4.98. The SMILES string of the molecule is O=C(c1ccccc1-n1nccn1)N1C2CCC1C(Cc1ncc(C(F)(F)F)cc1Cl)C2. The number of halogens is 4. The van der Waals surface area contributed by atoms with Crippen LogP contribution in [0.25, 0.3) is 5.69 Å². The molecule has 2 aliphatic rings. The maximum Gasteiger partial charge on any atom is 0.417 e. The van der Waals surface area contributed by atoms with Gasteiger partial charge in [0.2, 0.25) is 0 Å². The molecule has 0 saturated carbocycles. The number of carbonyl (C=O) groups excluding carboxylic acids is 1. The van der Waals surface area contributed by atoms with Gasteiger partial charge in [-0.1, -0.05) is 23.7 Å². The summed E-state index contributed by atoms with van der Waals surface area (Å²) in [5.41, 5.74) is 0.704. The predicted molar refractivity (Wildman–Crippen MR) is 110 cm³/mol. The van der Waals surface area contributed by atoms with Gasteiger partial charge in [-0.15, -0.1) is 0 Å². The molecule has 6 nitrogen and oxygen atoms in total. The number of benzene rings is 1. The first kappa shape index (κ1) is 20.9. The largest absolute Gasteiger partial charge is 0.417 e. The fraction of sp³-hybridized carbons (Fsp3) is 0.364. The Morgan fingerprint density at radius 3 is 2.62 bits per heavy atom. The minimum absolute atomic E-state index is 0.00806. The molecule has 3 aromatic rings. The van der Waals surface area contributed by atoms with Crippen LogP contribution < -0.4 is 0 Å². The van der Waals surface area contributed by atoms with Crippen LogP contribution in [0, 0.1) is 5.92 Å². The average Bonchev–Trinajstić information content (AvgIpc) is 3.50. The highest BCUT2D eigenvalue weighted by Crippen LogP contribution is 2.44. The summed E-state index contributed by atoms with van der Waals surface area (Å²) in [6.45, 7) is 0. The number of aromatic nitrogens is 4. The van der Waals surface area contributed by atoms with Crippen LogP contribution >= 0.6 is 11.6 Å². The number of carbonyl (C=O) groups is 1. The van der Waals surface area contributed by atoms with E-state index in [0.29, 0.717) is 23.4 Å². The van der Waals surface area contributed by atoms with Crippen molar-refractivity contribution in [3.63, 3.8) is 0 Å². The zero-order chi connectivity index (χ0) is 22.5. The summed E-state index contributed by atoms with van der Waals surface area (Å²) < 4.78 is 38.7.